The van der Waals surface area contributed by atoms with E-state index in [9.17, 15) is 34.5 Å². The monoisotopic (exact) mass is 1110 g/mol. The van der Waals surface area contributed by atoms with E-state index in [1.807, 2.05) is 6.08 Å². The maximum absolute atomic E-state index is 13.2. The number of hydrogen-bond donors (Lipinski definition) is 3. The molecule has 0 aromatic heterocycles. The van der Waals surface area contributed by atoms with Gasteiger partial charge >= 0.3 is 23.9 Å². The number of aliphatic hydroxyl groups is 2. The summed E-state index contributed by atoms with van der Waals surface area (Å²) in [5.41, 5.74) is 0. The highest BCUT2D eigenvalue weighted by molar-refractivity contribution is 5.74. The van der Waals surface area contributed by atoms with Gasteiger partial charge in [-0.2, -0.15) is 0 Å². The Morgan fingerprint density at radius 3 is 1.28 bits per heavy atom. The molecule has 6 atom stereocenters. The molecular weight excluding hydrogens is 997 g/mol. The van der Waals surface area contributed by atoms with Crippen LogP contribution in [0.2, 0.25) is 0 Å². The highest BCUT2D eigenvalue weighted by Gasteiger charge is 2.50. The van der Waals surface area contributed by atoms with E-state index in [4.69, 9.17) is 23.7 Å². The lowest BCUT2D eigenvalue weighted by molar-refractivity contribution is -0.301. The summed E-state index contributed by atoms with van der Waals surface area (Å²) in [6.45, 7) is 5.82. The van der Waals surface area contributed by atoms with Gasteiger partial charge in [-0.05, 0) is 89.9 Å². The van der Waals surface area contributed by atoms with Crippen LogP contribution in [0.1, 0.15) is 265 Å². The van der Waals surface area contributed by atoms with Crippen molar-refractivity contribution in [1.29, 1.82) is 0 Å². The van der Waals surface area contributed by atoms with Gasteiger partial charge in [-0.3, -0.25) is 14.4 Å². The molecule has 1 fully saturated rings. The number of allylic oxidation sites excluding steroid dienone is 14. The van der Waals surface area contributed by atoms with Gasteiger partial charge in [-0.1, -0.05) is 241 Å². The Morgan fingerprint density at radius 1 is 0.430 bits per heavy atom. The number of unbranched alkanes of at least 4 members (excludes halogenated alkanes) is 25. The van der Waals surface area contributed by atoms with Crippen LogP contribution in [0.15, 0.2) is 85.1 Å². The summed E-state index contributed by atoms with van der Waals surface area (Å²) < 4.78 is 28.4. The molecule has 0 aromatic carbocycles. The lowest BCUT2D eigenvalue weighted by atomic mass is 9.98. The molecule has 0 saturated carbocycles. The quantitative estimate of drug-likeness (QED) is 0.0228. The van der Waals surface area contributed by atoms with Crippen LogP contribution in [-0.2, 0) is 42.9 Å². The minimum absolute atomic E-state index is 0.0486. The summed E-state index contributed by atoms with van der Waals surface area (Å²) in [5, 5.41) is 31.6. The third-order valence-corrected chi connectivity index (χ3v) is 14.0. The van der Waals surface area contributed by atoms with Crippen molar-refractivity contribution in [2.24, 2.45) is 0 Å². The zero-order valence-electron chi connectivity index (χ0n) is 49.8. The van der Waals surface area contributed by atoms with Gasteiger partial charge in [0.1, 0.15) is 18.8 Å². The second-order valence-electron chi connectivity index (χ2n) is 21.3. The smallest absolute Gasteiger partial charge is 0.335 e. The molecule has 0 amide bonds. The first-order valence-corrected chi connectivity index (χ1v) is 31.6. The molecule has 0 bridgehead atoms. The van der Waals surface area contributed by atoms with Crippen molar-refractivity contribution in [3.05, 3.63) is 85.1 Å². The second kappa shape index (κ2) is 54.5. The van der Waals surface area contributed by atoms with Crippen LogP contribution in [0.3, 0.4) is 0 Å². The highest BCUT2D eigenvalue weighted by atomic mass is 16.7. The SMILES string of the molecule is CC/C=C\C/C=C\C/C=C\C/C=C\C/C=C\CCCC(=O)OCC(COC1OC(C(=O)O)C(O)C(O)C1OC(=O)CCCCCCCCCCC/C=C\C/C=C\CCCCC)OC(=O)CCCCCCCCCCCCCCC. The van der Waals surface area contributed by atoms with Crippen molar-refractivity contribution in [1.82, 2.24) is 0 Å². The number of ether oxygens (including phenoxy) is 5. The Hall–Kier alpha value is -4.10. The maximum atomic E-state index is 13.2. The molecule has 1 aliphatic rings. The van der Waals surface area contributed by atoms with Gasteiger partial charge in [0.2, 0.25) is 0 Å². The zero-order chi connectivity index (χ0) is 57.5. The van der Waals surface area contributed by atoms with Crippen molar-refractivity contribution >= 4 is 23.9 Å². The first kappa shape index (κ1) is 72.9. The molecule has 0 aromatic rings. The molecule has 6 unspecified atom stereocenters. The predicted molar refractivity (Wildman–Crippen MR) is 321 cm³/mol. The Labute approximate surface area is 480 Å². The van der Waals surface area contributed by atoms with Gasteiger partial charge in [-0.15, -0.1) is 0 Å². The molecule has 3 N–H and O–H groups in total. The van der Waals surface area contributed by atoms with Crippen LogP contribution >= 0.6 is 0 Å². The average molecular weight is 1110 g/mol. The number of carbonyl (C=O) groups is 4. The summed E-state index contributed by atoms with van der Waals surface area (Å²) >= 11 is 0. The Balaban J connectivity index is 2.69. The fourth-order valence-electron chi connectivity index (χ4n) is 9.14. The van der Waals surface area contributed by atoms with E-state index < -0.39 is 67.3 Å². The third-order valence-electron chi connectivity index (χ3n) is 14.0. The van der Waals surface area contributed by atoms with Crippen molar-refractivity contribution in [2.75, 3.05) is 13.2 Å². The van der Waals surface area contributed by atoms with Crippen molar-refractivity contribution in [3.8, 4) is 0 Å². The van der Waals surface area contributed by atoms with E-state index in [1.165, 1.54) is 109 Å². The number of hydrogen-bond acceptors (Lipinski definition) is 11. The fourth-order valence-corrected chi connectivity index (χ4v) is 9.14. The van der Waals surface area contributed by atoms with Crippen molar-refractivity contribution in [2.45, 2.75) is 302 Å². The summed E-state index contributed by atoms with van der Waals surface area (Å²) in [6.07, 6.45) is 58.3. The molecule has 79 heavy (non-hydrogen) atoms. The fraction of sp³-hybridized carbons (Fsp3) is 0.731. The summed E-state index contributed by atoms with van der Waals surface area (Å²) in [5.74, 6) is -3.19. The lowest BCUT2D eigenvalue weighted by Gasteiger charge is -2.40. The molecule has 12 nitrogen and oxygen atoms in total. The molecule has 12 heteroatoms. The maximum Gasteiger partial charge on any atom is 0.335 e. The minimum atomic E-state index is -1.91. The number of esters is 3. The van der Waals surface area contributed by atoms with Crippen LogP contribution in [-0.4, -0.2) is 89.2 Å². The Morgan fingerprint density at radius 2 is 0.810 bits per heavy atom. The standard InChI is InChI=1S/C67H112O12/c1-4-7-10-13-16-19-22-25-27-29-30-32-34-37-40-43-46-49-52-55-61(70)78-65-63(72)62(71)64(66(73)74)79-67(65)76-57-58(77-60(69)54-51-48-45-42-39-35-24-21-18-15-12-9-6-3)56-75-59(68)53-50-47-44-41-38-36-33-31-28-26-23-20-17-14-11-8-5-2/h8,11,16-17,19-20,25-28,33,36,41,44,58,62-65,67,71-72H,4-7,9-10,12-15,18,21-24,29-32,34-35,37-40,42-43,45-57H2,1-3H3,(H,73,74)/b11-8-,19-16-,20-17-,27-25-,28-26-,36-33-,44-41-. The molecule has 0 radical (unpaired) electrons. The summed E-state index contributed by atoms with van der Waals surface area (Å²) in [6, 6.07) is 0. The van der Waals surface area contributed by atoms with Gasteiger partial charge in [-0.25, -0.2) is 4.79 Å². The van der Waals surface area contributed by atoms with Gasteiger partial charge in [0.15, 0.2) is 24.6 Å². The van der Waals surface area contributed by atoms with E-state index in [0.29, 0.717) is 25.7 Å². The second-order valence-corrected chi connectivity index (χ2v) is 21.3. The van der Waals surface area contributed by atoms with E-state index in [2.05, 4.69) is 99.8 Å². The topological polar surface area (TPSA) is 175 Å². The molecule has 1 aliphatic heterocycles. The van der Waals surface area contributed by atoms with E-state index in [0.717, 1.165) is 89.9 Å². The first-order valence-electron chi connectivity index (χ1n) is 31.6. The van der Waals surface area contributed by atoms with Gasteiger partial charge in [0.25, 0.3) is 0 Å². The van der Waals surface area contributed by atoms with Crippen LogP contribution in [0.5, 0.6) is 0 Å². The normalized spacial score (nSPS) is 18.4. The molecule has 452 valence electrons. The molecule has 0 spiro atoms. The van der Waals surface area contributed by atoms with Crippen molar-refractivity contribution in [3.63, 3.8) is 0 Å². The van der Waals surface area contributed by atoms with Crippen LogP contribution in [0.25, 0.3) is 0 Å². The van der Waals surface area contributed by atoms with Crippen molar-refractivity contribution < 1.29 is 58.2 Å². The summed E-state index contributed by atoms with van der Waals surface area (Å²) in [4.78, 5) is 51.2. The van der Waals surface area contributed by atoms with E-state index in [-0.39, 0.29) is 25.9 Å². The van der Waals surface area contributed by atoms with E-state index >= 15 is 0 Å². The molecular formula is C67H112O12. The van der Waals surface area contributed by atoms with Gasteiger partial charge in [0, 0.05) is 19.3 Å². The first-order chi connectivity index (χ1) is 38.6. The highest BCUT2D eigenvalue weighted by Crippen LogP contribution is 2.26. The number of aliphatic hydroxyl groups excluding tert-OH is 2. The van der Waals surface area contributed by atoms with Gasteiger partial charge in [0.05, 0.1) is 6.61 Å². The molecule has 1 heterocycles. The number of carboxylic acid groups (broad SMARTS) is 1. The molecule has 1 rings (SSSR count). The third kappa shape index (κ3) is 44.3. The number of carbonyl (C=O) groups excluding carboxylic acids is 3. The Bertz CT molecular complexity index is 1700. The van der Waals surface area contributed by atoms with E-state index in [1.54, 1.807) is 0 Å². The van der Waals surface area contributed by atoms with Crippen LogP contribution in [0.4, 0.5) is 0 Å². The largest absolute Gasteiger partial charge is 0.479 e. The molecule has 0 aliphatic carbocycles. The number of rotatable bonds is 53. The number of carboxylic acids is 1. The average Bonchev–Trinajstić information content (AvgIpc) is 3.47. The minimum Gasteiger partial charge on any atom is -0.479 e. The Kier molecular flexibility index (Phi) is 50.3. The van der Waals surface area contributed by atoms with Gasteiger partial charge < -0.3 is 39.0 Å². The predicted octanol–water partition coefficient (Wildman–Crippen LogP) is 16.7. The lowest BCUT2D eigenvalue weighted by Crippen LogP contribution is -2.61. The zero-order valence-corrected chi connectivity index (χ0v) is 49.8. The summed E-state index contributed by atoms with van der Waals surface area (Å²) in [7, 11) is 0. The van der Waals surface area contributed by atoms with Crippen LogP contribution < -0.4 is 0 Å². The number of aliphatic carboxylic acids is 1. The van der Waals surface area contributed by atoms with Crippen LogP contribution in [0, 0.1) is 0 Å². The molecule has 1 saturated heterocycles.